The average Bonchev–Trinajstić information content (AvgIpc) is 2.70. The van der Waals surface area contributed by atoms with Crippen LogP contribution >= 0.6 is 23.4 Å². The van der Waals surface area contributed by atoms with Crippen molar-refractivity contribution in [2.24, 2.45) is 0 Å². The van der Waals surface area contributed by atoms with Crippen molar-refractivity contribution in [3.05, 3.63) is 35.2 Å². The second-order valence-electron chi connectivity index (χ2n) is 4.91. The molecule has 2 heterocycles. The number of nitrogens with one attached hydrogen (secondary N) is 1. The number of thioether (sulfide) groups is 1. The summed E-state index contributed by atoms with van der Waals surface area (Å²) in [6.07, 6.45) is 6.02. The zero-order valence-corrected chi connectivity index (χ0v) is 12.5. The van der Waals surface area contributed by atoms with E-state index >= 15 is 0 Å². The van der Waals surface area contributed by atoms with Crippen molar-refractivity contribution in [3.63, 3.8) is 0 Å². The molecule has 0 saturated heterocycles. The van der Waals surface area contributed by atoms with Crippen LogP contribution in [0.25, 0.3) is 5.65 Å². The molecule has 0 spiro atoms. The van der Waals surface area contributed by atoms with Crippen LogP contribution in [0.1, 0.15) is 19.5 Å². The molecule has 0 aliphatic carbocycles. The van der Waals surface area contributed by atoms with Gasteiger partial charge in [0.25, 0.3) is 0 Å². The van der Waals surface area contributed by atoms with Crippen LogP contribution in [0.4, 0.5) is 0 Å². The number of imidazole rings is 1. The van der Waals surface area contributed by atoms with Gasteiger partial charge >= 0.3 is 0 Å². The molecule has 0 aromatic carbocycles. The second-order valence-corrected chi connectivity index (χ2v) is 6.86. The van der Waals surface area contributed by atoms with Gasteiger partial charge < -0.3 is 9.72 Å². The Morgan fingerprint density at radius 3 is 2.89 bits per heavy atom. The number of hydrogen-bond donors (Lipinski definition) is 1. The lowest BCUT2D eigenvalue weighted by atomic mass is 10.2. The van der Waals surface area contributed by atoms with Crippen molar-refractivity contribution in [2.45, 2.75) is 25.1 Å². The smallest absolute Gasteiger partial charge is 0.137 e. The van der Waals surface area contributed by atoms with Gasteiger partial charge in [-0.3, -0.25) is 0 Å². The van der Waals surface area contributed by atoms with Gasteiger partial charge in [0, 0.05) is 30.2 Å². The highest BCUT2D eigenvalue weighted by molar-refractivity contribution is 7.99. The van der Waals surface area contributed by atoms with Crippen LogP contribution in [0.15, 0.2) is 24.5 Å². The molecule has 98 valence electrons. The summed E-state index contributed by atoms with van der Waals surface area (Å²) in [5, 5.41) is 4.16. The third kappa shape index (κ3) is 3.40. The average molecular weight is 284 g/mol. The SMILES string of the molecule is CSC(C)(C)CNCc1cn2cc(Cl)ccc2n1. The van der Waals surface area contributed by atoms with Crippen LogP contribution in [-0.2, 0) is 6.54 Å². The molecule has 0 unspecified atom stereocenters. The van der Waals surface area contributed by atoms with Gasteiger partial charge in [-0.1, -0.05) is 11.6 Å². The van der Waals surface area contributed by atoms with Crippen LogP contribution in [0.5, 0.6) is 0 Å². The third-order valence-corrected chi connectivity index (χ3v) is 4.35. The van der Waals surface area contributed by atoms with E-state index in [1.54, 1.807) is 0 Å². The first-order chi connectivity index (χ1) is 8.50. The van der Waals surface area contributed by atoms with Crippen LogP contribution in [-0.4, -0.2) is 26.9 Å². The van der Waals surface area contributed by atoms with Gasteiger partial charge in [-0.15, -0.1) is 0 Å². The van der Waals surface area contributed by atoms with E-state index in [0.717, 1.165) is 29.5 Å². The van der Waals surface area contributed by atoms with Gasteiger partial charge in [-0.25, -0.2) is 4.98 Å². The Morgan fingerprint density at radius 2 is 2.17 bits per heavy atom. The normalized spacial score (nSPS) is 12.2. The van der Waals surface area contributed by atoms with Crippen molar-refractivity contribution < 1.29 is 0 Å². The molecule has 0 atom stereocenters. The van der Waals surface area contributed by atoms with E-state index in [1.165, 1.54) is 0 Å². The van der Waals surface area contributed by atoms with E-state index in [1.807, 2.05) is 40.7 Å². The molecule has 2 aromatic rings. The Kier molecular flexibility index (Phi) is 4.20. The largest absolute Gasteiger partial charge is 0.310 e. The summed E-state index contributed by atoms with van der Waals surface area (Å²) in [4.78, 5) is 4.53. The summed E-state index contributed by atoms with van der Waals surface area (Å²) >= 11 is 7.81. The lowest BCUT2D eigenvalue weighted by Crippen LogP contribution is -2.31. The molecule has 0 saturated carbocycles. The van der Waals surface area contributed by atoms with Crippen LogP contribution < -0.4 is 5.32 Å². The predicted molar refractivity (Wildman–Crippen MR) is 79.5 cm³/mol. The molecule has 3 nitrogen and oxygen atoms in total. The first kappa shape index (κ1) is 13.7. The fourth-order valence-corrected chi connectivity index (χ4v) is 2.08. The highest BCUT2D eigenvalue weighted by atomic mass is 35.5. The molecule has 0 radical (unpaired) electrons. The fraction of sp³-hybridized carbons (Fsp3) is 0.462. The van der Waals surface area contributed by atoms with Gasteiger partial charge in [0.2, 0.25) is 0 Å². The highest BCUT2D eigenvalue weighted by Gasteiger charge is 2.15. The standard InChI is InChI=1S/C13H18ClN3S/c1-13(2,18-3)9-15-6-11-8-17-7-10(14)4-5-12(17)16-11/h4-5,7-8,15H,6,9H2,1-3H3. The topological polar surface area (TPSA) is 29.3 Å². The molecule has 0 fully saturated rings. The first-order valence-corrected chi connectivity index (χ1v) is 7.49. The molecular formula is C13H18ClN3S. The Labute approximate surface area is 117 Å². The molecular weight excluding hydrogens is 266 g/mol. The van der Waals surface area contributed by atoms with E-state index in [0.29, 0.717) is 0 Å². The minimum absolute atomic E-state index is 0.252. The molecule has 0 aliphatic rings. The minimum Gasteiger partial charge on any atom is -0.310 e. The molecule has 18 heavy (non-hydrogen) atoms. The lowest BCUT2D eigenvalue weighted by Gasteiger charge is -2.21. The highest BCUT2D eigenvalue weighted by Crippen LogP contribution is 2.19. The van der Waals surface area contributed by atoms with Gasteiger partial charge in [-0.05, 0) is 32.2 Å². The van der Waals surface area contributed by atoms with Gasteiger partial charge in [0.1, 0.15) is 5.65 Å². The predicted octanol–water partition coefficient (Wildman–Crippen LogP) is 3.22. The fourth-order valence-electron chi connectivity index (χ4n) is 1.67. The number of aromatic nitrogens is 2. The summed E-state index contributed by atoms with van der Waals surface area (Å²) in [5.41, 5.74) is 1.97. The Bertz CT molecular complexity index is 536. The Hall–Kier alpha value is -0.710. The number of nitrogens with zero attached hydrogens (tertiary/aromatic N) is 2. The zero-order valence-electron chi connectivity index (χ0n) is 10.9. The van der Waals surface area contributed by atoms with Crippen LogP contribution in [0.3, 0.4) is 0 Å². The summed E-state index contributed by atoms with van der Waals surface area (Å²) in [6, 6.07) is 3.79. The molecule has 5 heteroatoms. The number of pyridine rings is 1. The van der Waals surface area contributed by atoms with Gasteiger partial charge in [-0.2, -0.15) is 11.8 Å². The second kappa shape index (κ2) is 5.51. The Balaban J connectivity index is 2.00. The monoisotopic (exact) mass is 283 g/mol. The minimum atomic E-state index is 0.252. The number of rotatable bonds is 5. The first-order valence-electron chi connectivity index (χ1n) is 5.89. The quantitative estimate of drug-likeness (QED) is 0.914. The van der Waals surface area contributed by atoms with Crippen molar-refractivity contribution in [3.8, 4) is 0 Å². The van der Waals surface area contributed by atoms with Crippen molar-refractivity contribution in [1.82, 2.24) is 14.7 Å². The van der Waals surface area contributed by atoms with Crippen molar-refractivity contribution >= 4 is 29.0 Å². The number of fused-ring (bicyclic) bond motifs is 1. The number of halogens is 1. The van der Waals surface area contributed by atoms with E-state index in [4.69, 9.17) is 11.6 Å². The summed E-state index contributed by atoms with van der Waals surface area (Å²) < 4.78 is 2.21. The zero-order chi connectivity index (χ0) is 13.2. The lowest BCUT2D eigenvalue weighted by molar-refractivity contribution is 0.586. The van der Waals surface area contributed by atoms with E-state index in [9.17, 15) is 0 Å². The maximum absolute atomic E-state index is 5.94. The molecule has 0 amide bonds. The van der Waals surface area contributed by atoms with Crippen molar-refractivity contribution in [2.75, 3.05) is 12.8 Å². The maximum Gasteiger partial charge on any atom is 0.137 e. The van der Waals surface area contributed by atoms with Crippen LogP contribution in [0.2, 0.25) is 5.02 Å². The summed E-state index contributed by atoms with van der Waals surface area (Å²) in [5.74, 6) is 0. The van der Waals surface area contributed by atoms with E-state index < -0.39 is 0 Å². The van der Waals surface area contributed by atoms with Crippen LogP contribution in [0, 0.1) is 0 Å². The summed E-state index contributed by atoms with van der Waals surface area (Å²) in [7, 11) is 0. The molecule has 0 aliphatic heterocycles. The number of hydrogen-bond acceptors (Lipinski definition) is 3. The Morgan fingerprint density at radius 1 is 1.39 bits per heavy atom. The molecule has 2 aromatic heterocycles. The van der Waals surface area contributed by atoms with Gasteiger partial charge in [0.15, 0.2) is 0 Å². The summed E-state index contributed by atoms with van der Waals surface area (Å²) in [6.45, 7) is 6.20. The molecule has 0 bridgehead atoms. The van der Waals surface area contributed by atoms with Crippen molar-refractivity contribution in [1.29, 1.82) is 0 Å². The third-order valence-electron chi connectivity index (χ3n) is 2.87. The van der Waals surface area contributed by atoms with Gasteiger partial charge in [0.05, 0.1) is 10.7 Å². The van der Waals surface area contributed by atoms with E-state index in [2.05, 4.69) is 30.4 Å². The molecule has 1 N–H and O–H groups in total. The maximum atomic E-state index is 5.94. The molecule has 2 rings (SSSR count). The van der Waals surface area contributed by atoms with E-state index in [-0.39, 0.29) is 4.75 Å².